The van der Waals surface area contributed by atoms with Gasteiger partial charge in [0.15, 0.2) is 18.3 Å². The Morgan fingerprint density at radius 1 is 0.889 bits per heavy atom. The number of hydrogen-bond acceptors (Lipinski definition) is 10. The zero-order chi connectivity index (χ0) is 26.7. The highest BCUT2D eigenvalue weighted by Crippen LogP contribution is 2.38. The summed E-state index contributed by atoms with van der Waals surface area (Å²) >= 11 is 1.22. The van der Waals surface area contributed by atoms with E-state index in [1.54, 1.807) is 0 Å². The quantitative estimate of drug-likeness (QED) is 0.208. The van der Waals surface area contributed by atoms with Gasteiger partial charge in [0, 0.05) is 44.6 Å². The molecule has 196 valence electrons. The number of esters is 4. The highest BCUT2D eigenvalue weighted by molar-refractivity contribution is 7.99. The van der Waals surface area contributed by atoms with Crippen molar-refractivity contribution in [1.29, 1.82) is 0 Å². The molecule has 5 atom stereocenters. The Hall–Kier alpha value is -3.03. The van der Waals surface area contributed by atoms with Crippen LogP contribution in [0.4, 0.5) is 0 Å². The second kappa shape index (κ2) is 14.5. The molecule has 10 heteroatoms. The van der Waals surface area contributed by atoms with Gasteiger partial charge >= 0.3 is 23.9 Å². The van der Waals surface area contributed by atoms with Gasteiger partial charge in [-0.05, 0) is 18.6 Å². The number of rotatable bonds is 9. The fraction of sp³-hybridized carbons (Fsp3) is 0.538. The summed E-state index contributed by atoms with van der Waals surface area (Å²) in [4.78, 5) is 48.1. The Bertz CT molecular complexity index is 997. The van der Waals surface area contributed by atoms with Crippen molar-refractivity contribution in [2.24, 2.45) is 0 Å². The van der Waals surface area contributed by atoms with Crippen LogP contribution in [0, 0.1) is 11.8 Å². The molecule has 1 aliphatic rings. The average molecular weight is 521 g/mol. The number of ether oxygens (including phenoxy) is 5. The second-order valence-electron chi connectivity index (χ2n) is 8.09. The third-order valence-electron chi connectivity index (χ3n) is 4.96. The number of unbranched alkanes of at least 4 members (excludes halogenated alkanes) is 2. The van der Waals surface area contributed by atoms with E-state index >= 15 is 0 Å². The van der Waals surface area contributed by atoms with Crippen LogP contribution in [0.5, 0.6) is 0 Å². The van der Waals surface area contributed by atoms with Crippen LogP contribution in [-0.4, -0.2) is 60.3 Å². The molecule has 1 aromatic rings. The first-order chi connectivity index (χ1) is 17.1. The van der Waals surface area contributed by atoms with E-state index in [0.29, 0.717) is 0 Å². The molecule has 1 aromatic carbocycles. The van der Waals surface area contributed by atoms with Gasteiger partial charge in [0.1, 0.15) is 18.1 Å². The molecule has 1 heterocycles. The van der Waals surface area contributed by atoms with Gasteiger partial charge in [-0.1, -0.05) is 49.1 Å². The lowest BCUT2D eigenvalue weighted by atomic mass is 9.99. The van der Waals surface area contributed by atoms with E-state index in [9.17, 15) is 19.2 Å². The molecule has 0 saturated carbocycles. The molecule has 0 radical (unpaired) electrons. The van der Waals surface area contributed by atoms with Crippen LogP contribution >= 0.6 is 11.8 Å². The van der Waals surface area contributed by atoms with Crippen LogP contribution in [0.25, 0.3) is 0 Å². The summed E-state index contributed by atoms with van der Waals surface area (Å²) in [7, 11) is 0. The molecule has 2 rings (SSSR count). The minimum atomic E-state index is -1.20. The lowest BCUT2D eigenvalue weighted by molar-refractivity contribution is -0.237. The third-order valence-corrected chi connectivity index (χ3v) is 6.18. The first kappa shape index (κ1) is 29.2. The Balaban J connectivity index is 2.47. The van der Waals surface area contributed by atoms with Crippen LogP contribution in [0.15, 0.2) is 29.2 Å². The SMILES string of the molecule is CCCCC#Cc1ccccc1S[C@@H]1O[C@H](COC(C)=O)[C@@H](OC(C)=O)[C@H](OC(C)=O)[C@H]1OC(C)=O. The van der Waals surface area contributed by atoms with Gasteiger partial charge in [0.2, 0.25) is 0 Å². The molecule has 1 aliphatic heterocycles. The zero-order valence-corrected chi connectivity index (χ0v) is 21.9. The van der Waals surface area contributed by atoms with E-state index in [1.807, 2.05) is 24.3 Å². The summed E-state index contributed by atoms with van der Waals surface area (Å²) in [5.74, 6) is 3.77. The van der Waals surface area contributed by atoms with Crippen molar-refractivity contribution in [2.45, 2.75) is 88.6 Å². The molecule has 1 saturated heterocycles. The molecule has 0 amide bonds. The van der Waals surface area contributed by atoms with Crippen LogP contribution < -0.4 is 0 Å². The first-order valence-electron chi connectivity index (χ1n) is 11.7. The topological polar surface area (TPSA) is 114 Å². The molecule has 0 spiro atoms. The standard InChI is InChI=1S/C26H32O9S/c1-6-7-8-9-12-20-13-10-11-14-22(20)36-26-25(34-19(5)30)24(33-18(4)29)23(32-17(3)28)21(35-26)15-31-16(2)27/h10-11,13-14,21,23-26H,6-8,15H2,1-5H3/t21-,23-,24+,25-,26+/m1/s1. The van der Waals surface area contributed by atoms with Gasteiger partial charge in [0.05, 0.1) is 0 Å². The van der Waals surface area contributed by atoms with Crippen molar-refractivity contribution in [3.8, 4) is 11.8 Å². The van der Waals surface area contributed by atoms with Crippen LogP contribution in [0.2, 0.25) is 0 Å². The molecular weight excluding hydrogens is 488 g/mol. The minimum Gasteiger partial charge on any atom is -0.463 e. The van der Waals surface area contributed by atoms with E-state index in [2.05, 4.69) is 18.8 Å². The van der Waals surface area contributed by atoms with Crippen molar-refractivity contribution < 1.29 is 42.9 Å². The highest BCUT2D eigenvalue weighted by atomic mass is 32.2. The van der Waals surface area contributed by atoms with Gasteiger partial charge in [-0.25, -0.2) is 0 Å². The van der Waals surface area contributed by atoms with Crippen LogP contribution in [-0.2, 0) is 42.9 Å². The molecule has 0 unspecified atom stereocenters. The van der Waals surface area contributed by atoms with Gasteiger partial charge in [-0.15, -0.1) is 0 Å². The molecule has 0 bridgehead atoms. The predicted molar refractivity (Wildman–Crippen MR) is 131 cm³/mol. The van der Waals surface area contributed by atoms with E-state index in [-0.39, 0.29) is 6.61 Å². The third kappa shape index (κ3) is 9.21. The maximum absolute atomic E-state index is 12.0. The number of carbonyl (C=O) groups is 4. The monoisotopic (exact) mass is 520 g/mol. The van der Waals surface area contributed by atoms with Gasteiger partial charge < -0.3 is 23.7 Å². The number of hydrogen-bond donors (Lipinski definition) is 0. The summed E-state index contributed by atoms with van der Waals surface area (Å²) in [6, 6.07) is 7.42. The van der Waals surface area contributed by atoms with Crippen molar-refractivity contribution >= 4 is 35.6 Å². The van der Waals surface area contributed by atoms with Gasteiger partial charge in [-0.2, -0.15) is 0 Å². The Morgan fingerprint density at radius 3 is 2.11 bits per heavy atom. The van der Waals surface area contributed by atoms with E-state index in [1.165, 1.54) is 39.5 Å². The molecule has 0 aliphatic carbocycles. The number of thioether (sulfide) groups is 1. The number of carbonyl (C=O) groups excluding carboxylic acids is 4. The van der Waals surface area contributed by atoms with Crippen molar-refractivity contribution in [1.82, 2.24) is 0 Å². The Labute approximate surface area is 215 Å². The Kier molecular flexibility index (Phi) is 11.8. The normalized spacial score (nSPS) is 23.0. The van der Waals surface area contributed by atoms with Crippen LogP contribution in [0.3, 0.4) is 0 Å². The number of benzene rings is 1. The molecule has 0 N–H and O–H groups in total. The lowest BCUT2D eigenvalue weighted by Crippen LogP contribution is -2.61. The van der Waals surface area contributed by atoms with Crippen molar-refractivity contribution in [3.05, 3.63) is 29.8 Å². The second-order valence-corrected chi connectivity index (χ2v) is 9.23. The maximum Gasteiger partial charge on any atom is 0.303 e. The maximum atomic E-state index is 12.0. The summed E-state index contributed by atoms with van der Waals surface area (Å²) < 4.78 is 27.7. The largest absolute Gasteiger partial charge is 0.463 e. The molecule has 9 nitrogen and oxygen atoms in total. The lowest BCUT2D eigenvalue weighted by Gasteiger charge is -2.44. The summed E-state index contributed by atoms with van der Waals surface area (Å²) in [5, 5.41) is 0. The van der Waals surface area contributed by atoms with Gasteiger partial charge in [0.25, 0.3) is 0 Å². The van der Waals surface area contributed by atoms with Gasteiger partial charge in [-0.3, -0.25) is 19.2 Å². The van der Waals surface area contributed by atoms with Crippen LogP contribution in [0.1, 0.15) is 59.4 Å². The summed E-state index contributed by atoms with van der Waals surface area (Å²) in [6.07, 6.45) is -1.72. The zero-order valence-electron chi connectivity index (χ0n) is 21.1. The highest BCUT2D eigenvalue weighted by Gasteiger charge is 2.52. The molecular formula is C26H32O9S. The molecule has 36 heavy (non-hydrogen) atoms. The molecule has 0 aromatic heterocycles. The van der Waals surface area contributed by atoms with Crippen molar-refractivity contribution in [2.75, 3.05) is 6.61 Å². The average Bonchev–Trinajstić information content (AvgIpc) is 2.79. The Morgan fingerprint density at radius 2 is 1.50 bits per heavy atom. The summed E-state index contributed by atoms with van der Waals surface area (Å²) in [5.41, 5.74) is -0.143. The van der Waals surface area contributed by atoms with E-state index < -0.39 is 53.7 Å². The molecule has 1 fully saturated rings. The van der Waals surface area contributed by atoms with Crippen molar-refractivity contribution in [3.63, 3.8) is 0 Å². The first-order valence-corrected chi connectivity index (χ1v) is 12.5. The van der Waals surface area contributed by atoms with E-state index in [4.69, 9.17) is 23.7 Å². The summed E-state index contributed by atoms with van der Waals surface area (Å²) in [6.45, 7) is 6.64. The fourth-order valence-corrected chi connectivity index (χ4v) is 4.70. The van der Waals surface area contributed by atoms with E-state index in [0.717, 1.165) is 29.7 Å². The predicted octanol–water partition coefficient (Wildman–Crippen LogP) is 3.40. The minimum absolute atomic E-state index is 0.270. The smallest absolute Gasteiger partial charge is 0.303 e. The fourth-order valence-electron chi connectivity index (χ4n) is 3.50.